The molecule has 2 unspecified atom stereocenters. The van der Waals surface area contributed by atoms with Gasteiger partial charge in [0.2, 0.25) is 0 Å². The van der Waals surface area contributed by atoms with Gasteiger partial charge in [0.15, 0.2) is 0 Å². The first-order chi connectivity index (χ1) is 11.5. The molecule has 2 atom stereocenters. The number of nitrogens with one attached hydrogen (secondary N) is 1. The molecular weight excluding hydrogens is 304 g/mol. The van der Waals surface area contributed by atoms with Crippen LogP contribution in [0.15, 0.2) is 48.5 Å². The van der Waals surface area contributed by atoms with Crippen molar-refractivity contribution in [3.63, 3.8) is 0 Å². The number of hydrogen-bond donors (Lipinski definition) is 2. The fourth-order valence-electron chi connectivity index (χ4n) is 3.17. The van der Waals surface area contributed by atoms with Crippen LogP contribution < -0.4 is 10.2 Å². The van der Waals surface area contributed by atoms with Crippen molar-refractivity contribution < 1.29 is 14.7 Å². The van der Waals surface area contributed by atoms with Gasteiger partial charge in [-0.05, 0) is 35.7 Å². The number of hydrogen-bond acceptors (Lipinski definition) is 3. The predicted octanol–water partition coefficient (Wildman–Crippen LogP) is 2.80. The molecule has 1 aliphatic carbocycles. The molecule has 2 aromatic rings. The van der Waals surface area contributed by atoms with E-state index in [0.29, 0.717) is 12.0 Å². The summed E-state index contributed by atoms with van der Waals surface area (Å²) in [5.41, 5.74) is 3.19. The Morgan fingerprint density at radius 2 is 1.79 bits per heavy atom. The van der Waals surface area contributed by atoms with Crippen LogP contribution in [-0.2, 0) is 4.79 Å². The van der Waals surface area contributed by atoms with Gasteiger partial charge >= 0.3 is 5.97 Å². The molecular formula is C19H20N2O3. The van der Waals surface area contributed by atoms with E-state index in [0.717, 1.165) is 16.8 Å². The molecule has 0 radical (unpaired) electrons. The summed E-state index contributed by atoms with van der Waals surface area (Å²) in [6.45, 7) is 0. The smallest absolute Gasteiger partial charge is 0.311 e. The Hall–Kier alpha value is -2.82. The normalized spacial score (nSPS) is 18.8. The second-order valence-corrected chi connectivity index (χ2v) is 6.23. The summed E-state index contributed by atoms with van der Waals surface area (Å²) in [4.78, 5) is 26.0. The zero-order valence-electron chi connectivity index (χ0n) is 13.7. The standard InChI is InChI=1S/C19H20N2O3/c1-21(2)13-7-5-6-12(10-13)18(22)20-17-11-16(19(23)24)14-8-3-4-9-15(14)17/h3-10,16-17H,11H2,1-2H3,(H,20,22)(H,23,24). The molecule has 0 spiro atoms. The number of benzene rings is 2. The number of carbonyl (C=O) groups excluding carboxylic acids is 1. The Morgan fingerprint density at radius 3 is 2.46 bits per heavy atom. The second-order valence-electron chi connectivity index (χ2n) is 6.23. The molecule has 5 heteroatoms. The Bertz CT molecular complexity index is 786. The van der Waals surface area contributed by atoms with Gasteiger partial charge in [0.25, 0.3) is 5.91 Å². The van der Waals surface area contributed by atoms with E-state index in [2.05, 4.69) is 5.32 Å². The topological polar surface area (TPSA) is 69.6 Å². The third-order valence-electron chi connectivity index (χ3n) is 4.45. The summed E-state index contributed by atoms with van der Waals surface area (Å²) in [6, 6.07) is 14.5. The number of anilines is 1. The highest BCUT2D eigenvalue weighted by Crippen LogP contribution is 2.40. The highest BCUT2D eigenvalue weighted by atomic mass is 16.4. The largest absolute Gasteiger partial charge is 0.481 e. The maximum absolute atomic E-state index is 12.6. The number of carboxylic acids is 1. The third-order valence-corrected chi connectivity index (χ3v) is 4.45. The summed E-state index contributed by atoms with van der Waals surface area (Å²) in [5.74, 6) is -1.61. The molecule has 1 amide bonds. The van der Waals surface area contributed by atoms with Gasteiger partial charge in [-0.15, -0.1) is 0 Å². The van der Waals surface area contributed by atoms with Crippen LogP contribution in [0.25, 0.3) is 0 Å². The molecule has 124 valence electrons. The molecule has 0 saturated carbocycles. The summed E-state index contributed by atoms with van der Waals surface area (Å²) < 4.78 is 0. The number of carboxylic acid groups (broad SMARTS) is 1. The summed E-state index contributed by atoms with van der Waals surface area (Å²) in [5, 5.41) is 12.4. The summed E-state index contributed by atoms with van der Waals surface area (Å²) >= 11 is 0. The van der Waals surface area contributed by atoms with Crippen LogP contribution in [-0.4, -0.2) is 31.1 Å². The lowest BCUT2D eigenvalue weighted by atomic mass is 10.0. The van der Waals surface area contributed by atoms with E-state index < -0.39 is 11.9 Å². The summed E-state index contributed by atoms with van der Waals surface area (Å²) in [7, 11) is 3.84. The molecule has 5 nitrogen and oxygen atoms in total. The van der Waals surface area contributed by atoms with E-state index in [1.807, 2.05) is 61.5 Å². The van der Waals surface area contributed by atoms with E-state index in [4.69, 9.17) is 0 Å². The molecule has 1 aliphatic rings. The van der Waals surface area contributed by atoms with E-state index >= 15 is 0 Å². The minimum atomic E-state index is -0.853. The van der Waals surface area contributed by atoms with Gasteiger partial charge in [-0.25, -0.2) is 0 Å². The molecule has 2 aromatic carbocycles. The van der Waals surface area contributed by atoms with Crippen molar-refractivity contribution in [3.8, 4) is 0 Å². The van der Waals surface area contributed by atoms with Crippen LogP contribution in [0.5, 0.6) is 0 Å². The minimum Gasteiger partial charge on any atom is -0.481 e. The highest BCUT2D eigenvalue weighted by Gasteiger charge is 2.35. The number of carbonyl (C=O) groups is 2. The van der Waals surface area contributed by atoms with Crippen molar-refractivity contribution in [2.24, 2.45) is 0 Å². The average molecular weight is 324 g/mol. The van der Waals surface area contributed by atoms with Crippen LogP contribution >= 0.6 is 0 Å². The van der Waals surface area contributed by atoms with Crippen LogP contribution in [0.4, 0.5) is 5.69 Å². The molecule has 2 N–H and O–H groups in total. The molecule has 0 heterocycles. The van der Waals surface area contributed by atoms with E-state index in [1.54, 1.807) is 6.07 Å². The van der Waals surface area contributed by atoms with Crippen molar-refractivity contribution in [2.75, 3.05) is 19.0 Å². The molecule has 0 aliphatic heterocycles. The van der Waals surface area contributed by atoms with Gasteiger partial charge in [0.1, 0.15) is 0 Å². The minimum absolute atomic E-state index is 0.190. The predicted molar refractivity (Wildman–Crippen MR) is 92.4 cm³/mol. The fraction of sp³-hybridized carbons (Fsp3) is 0.263. The van der Waals surface area contributed by atoms with E-state index in [-0.39, 0.29) is 11.9 Å². The van der Waals surface area contributed by atoms with Gasteiger partial charge in [0, 0.05) is 25.3 Å². The number of fused-ring (bicyclic) bond motifs is 1. The molecule has 0 fully saturated rings. The van der Waals surface area contributed by atoms with Crippen molar-refractivity contribution in [3.05, 3.63) is 65.2 Å². The SMILES string of the molecule is CN(C)c1cccc(C(=O)NC2CC(C(=O)O)c3ccccc32)c1. The first-order valence-corrected chi connectivity index (χ1v) is 7.87. The van der Waals surface area contributed by atoms with Crippen LogP contribution in [0, 0.1) is 0 Å². The van der Waals surface area contributed by atoms with Gasteiger partial charge < -0.3 is 15.3 Å². The second kappa shape index (κ2) is 6.35. The zero-order chi connectivity index (χ0) is 17.3. The van der Waals surface area contributed by atoms with Crippen molar-refractivity contribution in [1.29, 1.82) is 0 Å². The zero-order valence-corrected chi connectivity index (χ0v) is 13.7. The van der Waals surface area contributed by atoms with Gasteiger partial charge in [-0.3, -0.25) is 9.59 Å². The fourth-order valence-corrected chi connectivity index (χ4v) is 3.17. The van der Waals surface area contributed by atoms with Gasteiger partial charge in [0.05, 0.1) is 12.0 Å². The molecule has 0 aromatic heterocycles. The first kappa shape index (κ1) is 16.1. The lowest BCUT2D eigenvalue weighted by Gasteiger charge is -2.16. The van der Waals surface area contributed by atoms with Crippen molar-refractivity contribution in [1.82, 2.24) is 5.32 Å². The van der Waals surface area contributed by atoms with Crippen molar-refractivity contribution in [2.45, 2.75) is 18.4 Å². The third kappa shape index (κ3) is 2.97. The van der Waals surface area contributed by atoms with E-state index in [1.165, 1.54) is 0 Å². The van der Waals surface area contributed by atoms with Crippen LogP contribution in [0.1, 0.15) is 39.9 Å². The Balaban J connectivity index is 1.83. The quantitative estimate of drug-likeness (QED) is 0.907. The molecule has 0 bridgehead atoms. The van der Waals surface area contributed by atoms with E-state index in [9.17, 15) is 14.7 Å². The number of nitrogens with zero attached hydrogens (tertiary/aromatic N) is 1. The van der Waals surface area contributed by atoms with Gasteiger partial charge in [-0.1, -0.05) is 30.3 Å². The lowest BCUT2D eigenvalue weighted by Crippen LogP contribution is -2.27. The molecule has 3 rings (SSSR count). The maximum Gasteiger partial charge on any atom is 0.311 e. The average Bonchev–Trinajstić information content (AvgIpc) is 2.94. The number of rotatable bonds is 4. The maximum atomic E-state index is 12.6. The van der Waals surface area contributed by atoms with Crippen LogP contribution in [0.3, 0.4) is 0 Å². The van der Waals surface area contributed by atoms with Crippen LogP contribution in [0.2, 0.25) is 0 Å². The Morgan fingerprint density at radius 1 is 1.08 bits per heavy atom. The number of amides is 1. The molecule has 0 saturated heterocycles. The summed E-state index contributed by atoms with van der Waals surface area (Å²) in [6.07, 6.45) is 0.383. The van der Waals surface area contributed by atoms with Crippen molar-refractivity contribution >= 4 is 17.6 Å². The lowest BCUT2D eigenvalue weighted by molar-refractivity contribution is -0.138. The first-order valence-electron chi connectivity index (χ1n) is 7.87. The number of aliphatic carboxylic acids is 1. The Labute approximate surface area is 140 Å². The monoisotopic (exact) mass is 324 g/mol. The molecule has 24 heavy (non-hydrogen) atoms. The Kier molecular flexibility index (Phi) is 4.25. The van der Waals surface area contributed by atoms with Gasteiger partial charge in [-0.2, -0.15) is 0 Å². The highest BCUT2D eigenvalue weighted by molar-refractivity contribution is 5.95.